The van der Waals surface area contributed by atoms with Gasteiger partial charge in [-0.2, -0.15) is 0 Å². The molecule has 2 heteroatoms. The van der Waals surface area contributed by atoms with E-state index in [1.165, 1.54) is 32.2 Å². The van der Waals surface area contributed by atoms with Crippen molar-refractivity contribution in [2.24, 2.45) is 5.92 Å². The average molecular weight is 155 g/mol. The monoisotopic (exact) mass is 155 g/mol. The number of hydrogen-bond donors (Lipinski definition) is 1. The van der Waals surface area contributed by atoms with Gasteiger partial charge >= 0.3 is 0 Å². The third-order valence-electron chi connectivity index (χ3n) is 2.53. The van der Waals surface area contributed by atoms with Gasteiger partial charge in [0.1, 0.15) is 0 Å². The first-order valence-corrected chi connectivity index (χ1v) is 4.77. The van der Waals surface area contributed by atoms with Crippen LogP contribution in [0.25, 0.3) is 0 Å². The lowest BCUT2D eigenvalue weighted by atomic mass is 10.2. The highest BCUT2D eigenvalue weighted by Crippen LogP contribution is 2.27. The summed E-state index contributed by atoms with van der Waals surface area (Å²) in [5.74, 6) is 0.997. The van der Waals surface area contributed by atoms with Crippen molar-refractivity contribution in [1.29, 1.82) is 0 Å². The molecule has 1 saturated heterocycles. The summed E-state index contributed by atoms with van der Waals surface area (Å²) in [5, 5.41) is 3.46. The molecule has 1 atom stereocenters. The van der Waals surface area contributed by atoms with Crippen LogP contribution < -0.4 is 5.32 Å². The molecule has 2 fully saturated rings. The van der Waals surface area contributed by atoms with Gasteiger partial charge in [-0.1, -0.05) is 0 Å². The molecule has 64 valence electrons. The van der Waals surface area contributed by atoms with E-state index in [-0.39, 0.29) is 0 Å². The third-order valence-corrected chi connectivity index (χ3v) is 2.53. The molecule has 0 bridgehead atoms. The third kappa shape index (κ3) is 2.46. The molecule has 2 rings (SSSR count). The van der Waals surface area contributed by atoms with Crippen molar-refractivity contribution < 1.29 is 4.74 Å². The first kappa shape index (κ1) is 7.56. The van der Waals surface area contributed by atoms with E-state index in [0.29, 0.717) is 6.10 Å². The molecule has 1 aliphatic carbocycles. The zero-order chi connectivity index (χ0) is 7.52. The molecule has 0 aromatic heterocycles. The Morgan fingerprint density at radius 2 is 2.09 bits per heavy atom. The highest BCUT2D eigenvalue weighted by molar-refractivity contribution is 4.76. The zero-order valence-electron chi connectivity index (χ0n) is 7.01. The Bertz CT molecular complexity index is 117. The highest BCUT2D eigenvalue weighted by Gasteiger charge is 2.21. The van der Waals surface area contributed by atoms with Crippen LogP contribution in [0.4, 0.5) is 0 Å². The standard InChI is InChI=1S/C9H17NO/c1-2-9(11-5-1)7-10-6-8-3-4-8/h8-10H,1-7H2/t9-/m0/s1. The summed E-state index contributed by atoms with van der Waals surface area (Å²) in [7, 11) is 0. The molecule has 0 radical (unpaired) electrons. The molecule has 2 nitrogen and oxygen atoms in total. The van der Waals surface area contributed by atoms with Crippen LogP contribution in [-0.2, 0) is 4.74 Å². The van der Waals surface area contributed by atoms with Crippen molar-refractivity contribution >= 4 is 0 Å². The summed E-state index contributed by atoms with van der Waals surface area (Å²) in [6, 6.07) is 0. The predicted molar refractivity (Wildman–Crippen MR) is 44.6 cm³/mol. The van der Waals surface area contributed by atoms with Gasteiger partial charge < -0.3 is 10.1 Å². The fourth-order valence-electron chi connectivity index (χ4n) is 1.58. The minimum atomic E-state index is 0.522. The van der Waals surface area contributed by atoms with Crippen LogP contribution in [-0.4, -0.2) is 25.8 Å². The molecule has 11 heavy (non-hydrogen) atoms. The Morgan fingerprint density at radius 1 is 1.18 bits per heavy atom. The maximum absolute atomic E-state index is 5.49. The van der Waals surface area contributed by atoms with E-state index < -0.39 is 0 Å². The number of ether oxygens (including phenoxy) is 1. The van der Waals surface area contributed by atoms with Crippen LogP contribution >= 0.6 is 0 Å². The minimum absolute atomic E-state index is 0.522. The van der Waals surface area contributed by atoms with Crippen LogP contribution in [0.2, 0.25) is 0 Å². The van der Waals surface area contributed by atoms with Gasteiger partial charge in [-0.3, -0.25) is 0 Å². The molecule has 1 N–H and O–H groups in total. The van der Waals surface area contributed by atoms with Crippen LogP contribution in [0.15, 0.2) is 0 Å². The van der Waals surface area contributed by atoms with Crippen LogP contribution in [0.1, 0.15) is 25.7 Å². The quantitative estimate of drug-likeness (QED) is 0.658. The summed E-state index contributed by atoms with van der Waals surface area (Å²) in [4.78, 5) is 0. The molecule has 0 aromatic rings. The second-order valence-electron chi connectivity index (χ2n) is 3.74. The van der Waals surface area contributed by atoms with Crippen molar-refractivity contribution in [1.82, 2.24) is 5.32 Å². The fourth-order valence-corrected chi connectivity index (χ4v) is 1.58. The first-order valence-electron chi connectivity index (χ1n) is 4.77. The highest BCUT2D eigenvalue weighted by atomic mass is 16.5. The number of hydrogen-bond acceptors (Lipinski definition) is 2. The number of nitrogens with one attached hydrogen (secondary N) is 1. The molecular weight excluding hydrogens is 138 g/mol. The van der Waals surface area contributed by atoms with Gasteiger partial charge in [0.15, 0.2) is 0 Å². The minimum Gasteiger partial charge on any atom is -0.377 e. The molecule has 1 aliphatic heterocycles. The van der Waals surface area contributed by atoms with Crippen molar-refractivity contribution in [2.45, 2.75) is 31.8 Å². The summed E-state index contributed by atoms with van der Waals surface area (Å²) >= 11 is 0. The largest absolute Gasteiger partial charge is 0.377 e. The summed E-state index contributed by atoms with van der Waals surface area (Å²) in [5.41, 5.74) is 0. The summed E-state index contributed by atoms with van der Waals surface area (Å²) in [6.07, 6.45) is 5.93. The lowest BCUT2D eigenvalue weighted by Gasteiger charge is -2.09. The maximum atomic E-state index is 5.49. The Kier molecular flexibility index (Phi) is 2.44. The molecule has 2 aliphatic rings. The predicted octanol–water partition coefficient (Wildman–Crippen LogP) is 1.16. The van der Waals surface area contributed by atoms with E-state index in [1.807, 2.05) is 0 Å². The number of rotatable bonds is 4. The van der Waals surface area contributed by atoms with Crippen LogP contribution in [0.5, 0.6) is 0 Å². The molecule has 1 heterocycles. The lowest BCUT2D eigenvalue weighted by molar-refractivity contribution is 0.110. The molecule has 0 amide bonds. The van der Waals surface area contributed by atoms with E-state index in [1.54, 1.807) is 0 Å². The van der Waals surface area contributed by atoms with Gasteiger partial charge in [0.2, 0.25) is 0 Å². The Hall–Kier alpha value is -0.0800. The van der Waals surface area contributed by atoms with Crippen molar-refractivity contribution in [2.75, 3.05) is 19.7 Å². The molecular formula is C9H17NO. The molecule has 0 spiro atoms. The van der Waals surface area contributed by atoms with Gasteiger partial charge in [-0.05, 0) is 38.1 Å². The Morgan fingerprint density at radius 3 is 2.73 bits per heavy atom. The van der Waals surface area contributed by atoms with E-state index >= 15 is 0 Å². The van der Waals surface area contributed by atoms with Crippen molar-refractivity contribution in [3.05, 3.63) is 0 Å². The van der Waals surface area contributed by atoms with Gasteiger partial charge in [0.25, 0.3) is 0 Å². The van der Waals surface area contributed by atoms with E-state index in [9.17, 15) is 0 Å². The smallest absolute Gasteiger partial charge is 0.0700 e. The molecule has 0 unspecified atom stereocenters. The average Bonchev–Trinajstić information content (AvgIpc) is 2.66. The van der Waals surface area contributed by atoms with Crippen LogP contribution in [0.3, 0.4) is 0 Å². The topological polar surface area (TPSA) is 21.3 Å². The van der Waals surface area contributed by atoms with E-state index in [4.69, 9.17) is 4.74 Å². The van der Waals surface area contributed by atoms with Gasteiger partial charge in [0.05, 0.1) is 6.10 Å². The van der Waals surface area contributed by atoms with Crippen LogP contribution in [0, 0.1) is 5.92 Å². The second kappa shape index (κ2) is 3.55. The lowest BCUT2D eigenvalue weighted by Crippen LogP contribution is -2.27. The second-order valence-corrected chi connectivity index (χ2v) is 3.74. The van der Waals surface area contributed by atoms with Crippen molar-refractivity contribution in [3.8, 4) is 0 Å². The SMILES string of the molecule is C1CO[C@H](CNCC2CC2)C1. The van der Waals surface area contributed by atoms with Crippen molar-refractivity contribution in [3.63, 3.8) is 0 Å². The Labute approximate surface area is 68.3 Å². The van der Waals surface area contributed by atoms with Gasteiger partial charge in [-0.25, -0.2) is 0 Å². The normalized spacial score (nSPS) is 31.1. The fraction of sp³-hybridized carbons (Fsp3) is 1.00. The van der Waals surface area contributed by atoms with Gasteiger partial charge in [0, 0.05) is 13.2 Å². The van der Waals surface area contributed by atoms with Gasteiger partial charge in [-0.15, -0.1) is 0 Å². The Balaban J connectivity index is 1.51. The maximum Gasteiger partial charge on any atom is 0.0700 e. The van der Waals surface area contributed by atoms with E-state index in [2.05, 4.69) is 5.32 Å². The zero-order valence-corrected chi connectivity index (χ0v) is 7.01. The van der Waals surface area contributed by atoms with E-state index in [0.717, 1.165) is 19.1 Å². The first-order chi connectivity index (χ1) is 5.45. The summed E-state index contributed by atoms with van der Waals surface area (Å²) < 4.78 is 5.49. The molecule has 0 aromatic carbocycles. The molecule has 1 saturated carbocycles. The summed E-state index contributed by atoms with van der Waals surface area (Å²) in [6.45, 7) is 3.28.